The van der Waals surface area contributed by atoms with Crippen LogP contribution in [0.2, 0.25) is 0 Å². The SMILES string of the molecule is CCOc1ccccc1N1CC[NH+]([C@H](C)C(=O)N[C@H]2CCS(=O)(=O)C2)CC1. The van der Waals surface area contributed by atoms with Crippen LogP contribution in [-0.2, 0) is 14.6 Å². The van der Waals surface area contributed by atoms with Crippen molar-refractivity contribution in [2.24, 2.45) is 0 Å². The Kier molecular flexibility index (Phi) is 6.26. The number of anilines is 1. The standard InChI is InChI=1S/C19H29N3O4S/c1-3-26-18-7-5-4-6-17(18)22-11-9-21(10-12-22)15(2)19(23)20-16-8-13-27(24,25)14-16/h4-7,15-16H,3,8-14H2,1-2H3,(H,20,23)/p+1/t15-,16+/m1/s1. The van der Waals surface area contributed by atoms with Gasteiger partial charge in [0.1, 0.15) is 5.75 Å². The second-order valence-corrected chi connectivity index (χ2v) is 9.60. The van der Waals surface area contributed by atoms with Gasteiger partial charge in [-0.25, -0.2) is 8.42 Å². The minimum absolute atomic E-state index is 0.0460. The number of quaternary nitrogens is 1. The molecule has 3 rings (SSSR count). The maximum absolute atomic E-state index is 12.5. The molecule has 0 saturated carbocycles. The third-order valence-electron chi connectivity index (χ3n) is 5.50. The van der Waals surface area contributed by atoms with Crippen LogP contribution in [-0.4, -0.2) is 70.7 Å². The summed E-state index contributed by atoms with van der Waals surface area (Å²) in [5.74, 6) is 1.10. The predicted molar refractivity (Wildman–Crippen MR) is 105 cm³/mol. The molecule has 0 spiro atoms. The van der Waals surface area contributed by atoms with Gasteiger partial charge in [-0.2, -0.15) is 0 Å². The highest BCUT2D eigenvalue weighted by Gasteiger charge is 2.34. The van der Waals surface area contributed by atoms with Crippen LogP contribution in [0.4, 0.5) is 5.69 Å². The number of amides is 1. The molecule has 2 atom stereocenters. The number of carbonyl (C=O) groups excluding carboxylic acids is 1. The van der Waals surface area contributed by atoms with Crippen LogP contribution in [0.15, 0.2) is 24.3 Å². The van der Waals surface area contributed by atoms with Crippen LogP contribution in [0, 0.1) is 0 Å². The number of hydrogen-bond acceptors (Lipinski definition) is 5. The second kappa shape index (κ2) is 8.48. The zero-order valence-electron chi connectivity index (χ0n) is 16.1. The van der Waals surface area contributed by atoms with Gasteiger partial charge in [0.2, 0.25) is 0 Å². The maximum atomic E-state index is 12.5. The van der Waals surface area contributed by atoms with Crippen molar-refractivity contribution in [3.63, 3.8) is 0 Å². The van der Waals surface area contributed by atoms with E-state index in [-0.39, 0.29) is 29.5 Å². The molecule has 27 heavy (non-hydrogen) atoms. The maximum Gasteiger partial charge on any atom is 0.278 e. The zero-order valence-corrected chi connectivity index (χ0v) is 16.9. The second-order valence-electron chi connectivity index (χ2n) is 7.38. The third kappa shape index (κ3) is 4.93. The van der Waals surface area contributed by atoms with Crippen molar-refractivity contribution in [3.8, 4) is 5.75 Å². The van der Waals surface area contributed by atoms with E-state index in [1.54, 1.807) is 0 Å². The van der Waals surface area contributed by atoms with Crippen molar-refractivity contribution >= 4 is 21.4 Å². The Bertz CT molecular complexity index is 760. The van der Waals surface area contributed by atoms with Gasteiger partial charge in [-0.3, -0.25) is 4.79 Å². The lowest BCUT2D eigenvalue weighted by molar-refractivity contribution is -0.914. The number of piperazine rings is 1. The van der Waals surface area contributed by atoms with Gasteiger partial charge in [0.05, 0.1) is 50.0 Å². The Morgan fingerprint density at radius 3 is 2.67 bits per heavy atom. The van der Waals surface area contributed by atoms with Crippen LogP contribution in [0.1, 0.15) is 20.3 Å². The first-order chi connectivity index (χ1) is 12.9. The van der Waals surface area contributed by atoms with E-state index in [4.69, 9.17) is 4.74 Å². The van der Waals surface area contributed by atoms with E-state index in [2.05, 4.69) is 16.3 Å². The largest absolute Gasteiger partial charge is 0.492 e. The molecular weight excluding hydrogens is 366 g/mol. The van der Waals surface area contributed by atoms with Crippen LogP contribution in [0.5, 0.6) is 5.75 Å². The minimum atomic E-state index is -2.98. The van der Waals surface area contributed by atoms with E-state index in [9.17, 15) is 13.2 Å². The molecule has 0 bridgehead atoms. The van der Waals surface area contributed by atoms with Crippen molar-refractivity contribution in [3.05, 3.63) is 24.3 Å². The summed E-state index contributed by atoms with van der Waals surface area (Å²) in [6.45, 7) is 7.97. The number of benzene rings is 1. The molecule has 2 heterocycles. The summed E-state index contributed by atoms with van der Waals surface area (Å²) in [7, 11) is -2.98. The summed E-state index contributed by atoms with van der Waals surface area (Å²) in [6.07, 6.45) is 0.526. The lowest BCUT2D eigenvalue weighted by Crippen LogP contribution is -3.19. The van der Waals surface area contributed by atoms with Crippen molar-refractivity contribution < 1.29 is 22.8 Å². The summed E-state index contributed by atoms with van der Waals surface area (Å²) in [6, 6.07) is 7.64. The van der Waals surface area contributed by atoms with E-state index < -0.39 is 9.84 Å². The average Bonchev–Trinajstić information content (AvgIpc) is 3.00. The van der Waals surface area contributed by atoms with Crippen molar-refractivity contribution in [1.82, 2.24) is 5.32 Å². The molecule has 150 valence electrons. The highest BCUT2D eigenvalue weighted by atomic mass is 32.2. The lowest BCUT2D eigenvalue weighted by Gasteiger charge is -2.36. The average molecular weight is 397 g/mol. The number of carbonyl (C=O) groups is 1. The Hall–Kier alpha value is -1.80. The first-order valence-corrected chi connectivity index (χ1v) is 11.5. The van der Waals surface area contributed by atoms with Gasteiger partial charge in [0, 0.05) is 6.04 Å². The number of hydrogen-bond donors (Lipinski definition) is 2. The van der Waals surface area contributed by atoms with Gasteiger partial charge in [-0.15, -0.1) is 0 Å². The quantitative estimate of drug-likeness (QED) is 0.677. The summed E-state index contributed by atoms with van der Waals surface area (Å²) in [5, 5.41) is 2.93. The Balaban J connectivity index is 1.53. The fraction of sp³-hybridized carbons (Fsp3) is 0.632. The fourth-order valence-corrected chi connectivity index (χ4v) is 5.56. The normalized spacial score (nSPS) is 23.8. The zero-order chi connectivity index (χ0) is 19.4. The summed E-state index contributed by atoms with van der Waals surface area (Å²) in [5.41, 5.74) is 1.10. The Morgan fingerprint density at radius 1 is 1.33 bits per heavy atom. The van der Waals surface area contributed by atoms with Crippen molar-refractivity contribution in [1.29, 1.82) is 0 Å². The fourth-order valence-electron chi connectivity index (χ4n) is 3.88. The molecule has 0 radical (unpaired) electrons. The Labute approximate surface area is 161 Å². The monoisotopic (exact) mass is 396 g/mol. The molecule has 0 aromatic heterocycles. The number of nitrogens with zero attached hydrogens (tertiary/aromatic N) is 1. The molecule has 8 heteroatoms. The van der Waals surface area contributed by atoms with Gasteiger partial charge in [-0.1, -0.05) is 12.1 Å². The molecule has 2 N–H and O–H groups in total. The van der Waals surface area contributed by atoms with E-state index in [1.165, 1.54) is 4.90 Å². The van der Waals surface area contributed by atoms with E-state index in [0.717, 1.165) is 37.6 Å². The van der Waals surface area contributed by atoms with Gasteiger partial charge >= 0.3 is 0 Å². The molecule has 0 unspecified atom stereocenters. The van der Waals surface area contributed by atoms with Crippen molar-refractivity contribution in [2.45, 2.75) is 32.4 Å². The summed E-state index contributed by atoms with van der Waals surface area (Å²) >= 11 is 0. The molecule has 2 aliphatic rings. The molecule has 1 amide bonds. The highest BCUT2D eigenvalue weighted by Crippen LogP contribution is 2.27. The van der Waals surface area contributed by atoms with Crippen LogP contribution in [0.25, 0.3) is 0 Å². The third-order valence-corrected chi connectivity index (χ3v) is 7.26. The first kappa shape index (κ1) is 19.9. The molecular formula is C19H30N3O4S+. The summed E-state index contributed by atoms with van der Waals surface area (Å²) < 4.78 is 28.9. The van der Waals surface area contributed by atoms with Crippen LogP contribution >= 0.6 is 0 Å². The number of rotatable bonds is 6. The van der Waals surface area contributed by atoms with Crippen LogP contribution < -0.4 is 19.9 Å². The number of para-hydroxylation sites is 2. The summed E-state index contributed by atoms with van der Waals surface area (Å²) in [4.78, 5) is 16.1. The molecule has 1 aromatic rings. The van der Waals surface area contributed by atoms with E-state index in [0.29, 0.717) is 13.0 Å². The number of ether oxygens (including phenoxy) is 1. The van der Waals surface area contributed by atoms with E-state index >= 15 is 0 Å². The van der Waals surface area contributed by atoms with Crippen molar-refractivity contribution in [2.75, 3.05) is 49.2 Å². The molecule has 0 aliphatic carbocycles. The topological polar surface area (TPSA) is 80.2 Å². The van der Waals surface area contributed by atoms with Gasteiger partial charge in [-0.05, 0) is 32.4 Å². The van der Waals surface area contributed by atoms with Crippen LogP contribution in [0.3, 0.4) is 0 Å². The molecule has 1 aromatic carbocycles. The highest BCUT2D eigenvalue weighted by molar-refractivity contribution is 7.91. The van der Waals surface area contributed by atoms with Gasteiger partial charge < -0.3 is 19.9 Å². The smallest absolute Gasteiger partial charge is 0.278 e. The molecule has 2 aliphatic heterocycles. The Morgan fingerprint density at radius 2 is 2.04 bits per heavy atom. The molecule has 7 nitrogen and oxygen atoms in total. The lowest BCUT2D eigenvalue weighted by atomic mass is 10.1. The minimum Gasteiger partial charge on any atom is -0.492 e. The van der Waals surface area contributed by atoms with Gasteiger partial charge in [0.25, 0.3) is 5.91 Å². The number of sulfone groups is 1. The molecule has 2 fully saturated rings. The first-order valence-electron chi connectivity index (χ1n) is 9.72. The predicted octanol–water partition coefficient (Wildman–Crippen LogP) is -0.518. The molecule has 2 saturated heterocycles. The van der Waals surface area contributed by atoms with Gasteiger partial charge in [0.15, 0.2) is 15.9 Å². The van der Waals surface area contributed by atoms with E-state index in [1.807, 2.05) is 32.0 Å². The number of nitrogens with one attached hydrogen (secondary N) is 2.